The number of ether oxygens (including phenoxy) is 1. The zero-order valence-electron chi connectivity index (χ0n) is 17.9. The highest BCUT2D eigenvalue weighted by Gasteiger charge is 2.33. The Morgan fingerprint density at radius 2 is 2.00 bits per heavy atom. The molecule has 0 saturated heterocycles. The number of carbonyl (C=O) groups excluding carboxylic acids is 2. The smallest absolute Gasteiger partial charge is 0.432 e. The minimum Gasteiger partial charge on any atom is -0.491 e. The summed E-state index contributed by atoms with van der Waals surface area (Å²) in [7, 11) is 0. The van der Waals surface area contributed by atoms with E-state index in [9.17, 15) is 22.8 Å². The van der Waals surface area contributed by atoms with E-state index >= 15 is 0 Å². The molecule has 0 aliphatic heterocycles. The molecule has 12 heteroatoms. The third-order valence-electron chi connectivity index (χ3n) is 4.24. The molecule has 0 atom stereocenters. The summed E-state index contributed by atoms with van der Waals surface area (Å²) in [5.41, 5.74) is -0.0383. The van der Waals surface area contributed by atoms with E-state index in [-0.39, 0.29) is 29.8 Å². The first-order chi connectivity index (χ1) is 16.2. The van der Waals surface area contributed by atoms with Crippen molar-refractivity contribution in [1.82, 2.24) is 25.5 Å². The van der Waals surface area contributed by atoms with Gasteiger partial charge in [0.05, 0.1) is 30.9 Å². The van der Waals surface area contributed by atoms with Crippen LogP contribution in [0.3, 0.4) is 0 Å². The number of rotatable bonds is 7. The molecule has 3 N–H and O–H groups in total. The summed E-state index contributed by atoms with van der Waals surface area (Å²) in [6.07, 6.45) is -0.571. The minimum atomic E-state index is -4.57. The fraction of sp³-hybridized carbons (Fsp3) is 0.227. The molecule has 0 fully saturated rings. The lowest BCUT2D eigenvalue weighted by Gasteiger charge is -2.13. The van der Waals surface area contributed by atoms with Gasteiger partial charge in [0.15, 0.2) is 0 Å². The number of carbonyl (C=O) groups is 2. The van der Waals surface area contributed by atoms with Gasteiger partial charge in [-0.1, -0.05) is 5.92 Å². The van der Waals surface area contributed by atoms with E-state index in [4.69, 9.17) is 4.74 Å². The molecule has 0 unspecified atom stereocenters. The zero-order chi connectivity index (χ0) is 24.6. The molecule has 0 saturated carbocycles. The number of anilines is 1. The van der Waals surface area contributed by atoms with E-state index in [1.807, 2.05) is 0 Å². The first kappa shape index (κ1) is 24.2. The predicted octanol–water partition coefficient (Wildman–Crippen LogP) is 2.78. The van der Waals surface area contributed by atoms with Gasteiger partial charge < -0.3 is 20.4 Å². The second-order valence-corrected chi connectivity index (χ2v) is 6.87. The predicted molar refractivity (Wildman–Crippen MR) is 115 cm³/mol. The molecular formula is C22H19F3N6O3. The molecule has 3 aromatic rings. The van der Waals surface area contributed by atoms with Crippen LogP contribution in [-0.4, -0.2) is 45.1 Å². The number of nitrogens with zero attached hydrogens (tertiary/aromatic N) is 3. The van der Waals surface area contributed by atoms with E-state index in [2.05, 4.69) is 42.6 Å². The maximum atomic E-state index is 12.9. The quantitative estimate of drug-likeness (QED) is 0.359. The number of aromatic amines is 1. The van der Waals surface area contributed by atoms with Crippen LogP contribution < -0.4 is 15.4 Å². The Morgan fingerprint density at radius 3 is 2.68 bits per heavy atom. The molecule has 176 valence electrons. The first-order valence-corrected chi connectivity index (χ1v) is 9.96. The van der Waals surface area contributed by atoms with E-state index in [1.165, 1.54) is 37.5 Å². The second kappa shape index (κ2) is 11.0. The maximum Gasteiger partial charge on any atom is 0.432 e. The number of alkyl halides is 3. The summed E-state index contributed by atoms with van der Waals surface area (Å²) >= 11 is 0. The van der Waals surface area contributed by atoms with Crippen molar-refractivity contribution < 1.29 is 27.5 Å². The summed E-state index contributed by atoms with van der Waals surface area (Å²) in [5, 5.41) is 12.5. The molecule has 2 heterocycles. The summed E-state index contributed by atoms with van der Waals surface area (Å²) in [6, 6.07) is 6.01. The molecule has 0 aliphatic rings. The van der Waals surface area contributed by atoms with Gasteiger partial charge in [-0.3, -0.25) is 9.59 Å². The number of hydrogen-bond donors (Lipinski definition) is 3. The summed E-state index contributed by atoms with van der Waals surface area (Å²) in [6.45, 7) is 2.01. The molecule has 9 nitrogen and oxygen atoms in total. The van der Waals surface area contributed by atoms with Gasteiger partial charge in [-0.15, -0.1) is 0 Å². The van der Waals surface area contributed by atoms with Crippen LogP contribution in [0.15, 0.2) is 42.9 Å². The average molecular weight is 472 g/mol. The summed E-state index contributed by atoms with van der Waals surface area (Å²) in [5.74, 6) is 4.43. The molecular weight excluding hydrogens is 453 g/mol. The number of amides is 2. The first-order valence-electron chi connectivity index (χ1n) is 9.96. The maximum absolute atomic E-state index is 12.9. The lowest BCUT2D eigenvalue weighted by Crippen LogP contribution is -2.22. The van der Waals surface area contributed by atoms with Gasteiger partial charge in [0.1, 0.15) is 17.3 Å². The third kappa shape index (κ3) is 7.06. The lowest BCUT2D eigenvalue weighted by atomic mass is 10.1. The van der Waals surface area contributed by atoms with Crippen LogP contribution in [0.25, 0.3) is 11.4 Å². The van der Waals surface area contributed by atoms with Gasteiger partial charge in [0.25, 0.3) is 0 Å². The SMILES string of the molecule is CC(=O)NCCCOc1ccc(-c2ncc(C(F)(F)F)[nH]2)cc1NC(=O)C#Cc1ccnnc1. The molecule has 0 aliphatic carbocycles. The average Bonchev–Trinajstić information content (AvgIpc) is 3.30. The van der Waals surface area contributed by atoms with E-state index < -0.39 is 17.8 Å². The number of halogens is 3. The number of hydrogen-bond acceptors (Lipinski definition) is 6. The van der Waals surface area contributed by atoms with Gasteiger partial charge in [-0.2, -0.15) is 23.4 Å². The molecule has 1 aromatic carbocycles. The molecule has 0 spiro atoms. The molecule has 34 heavy (non-hydrogen) atoms. The topological polar surface area (TPSA) is 122 Å². The van der Waals surface area contributed by atoms with Crippen LogP contribution in [0.2, 0.25) is 0 Å². The largest absolute Gasteiger partial charge is 0.491 e. The highest BCUT2D eigenvalue weighted by molar-refractivity contribution is 6.05. The standard InChI is InChI=1S/C22H19F3N6O3/c1-14(32)26-8-2-10-34-18-5-4-16(21-27-13-19(31-21)22(23,24)25)11-17(18)30-20(33)6-3-15-7-9-28-29-12-15/h4-5,7,9,11-13H,2,8,10H2,1H3,(H,26,32)(H,27,31)(H,30,33). The Morgan fingerprint density at radius 1 is 1.18 bits per heavy atom. The second-order valence-electron chi connectivity index (χ2n) is 6.87. The van der Waals surface area contributed by atoms with Crippen LogP contribution >= 0.6 is 0 Å². The summed E-state index contributed by atoms with van der Waals surface area (Å²) in [4.78, 5) is 29.3. The molecule has 2 aromatic heterocycles. The molecule has 0 radical (unpaired) electrons. The molecule has 3 rings (SSSR count). The van der Waals surface area contributed by atoms with Gasteiger partial charge in [-0.25, -0.2) is 4.98 Å². The Hall–Kier alpha value is -4.40. The zero-order valence-corrected chi connectivity index (χ0v) is 17.9. The Kier molecular flexibility index (Phi) is 7.81. The van der Waals surface area contributed by atoms with Gasteiger partial charge in [0.2, 0.25) is 5.91 Å². The van der Waals surface area contributed by atoms with Crippen molar-refractivity contribution in [3.05, 3.63) is 54.1 Å². The van der Waals surface area contributed by atoms with Crippen molar-refractivity contribution in [2.45, 2.75) is 19.5 Å². The van der Waals surface area contributed by atoms with Crippen molar-refractivity contribution in [3.8, 4) is 29.0 Å². The van der Waals surface area contributed by atoms with Crippen molar-refractivity contribution >= 4 is 17.5 Å². The highest BCUT2D eigenvalue weighted by Crippen LogP contribution is 2.32. The fourth-order valence-corrected chi connectivity index (χ4v) is 2.68. The fourth-order valence-electron chi connectivity index (χ4n) is 2.68. The summed E-state index contributed by atoms with van der Waals surface area (Å²) < 4.78 is 44.4. The molecule has 0 bridgehead atoms. The Balaban J connectivity index is 1.80. The molecule has 2 amide bonds. The van der Waals surface area contributed by atoms with Crippen LogP contribution in [0, 0.1) is 11.8 Å². The number of H-pyrrole nitrogens is 1. The number of nitrogens with one attached hydrogen (secondary N) is 3. The lowest BCUT2D eigenvalue weighted by molar-refractivity contribution is -0.140. The monoisotopic (exact) mass is 472 g/mol. The van der Waals surface area contributed by atoms with Crippen LogP contribution in [-0.2, 0) is 15.8 Å². The van der Waals surface area contributed by atoms with Crippen molar-refractivity contribution in [1.29, 1.82) is 0 Å². The van der Waals surface area contributed by atoms with Crippen LogP contribution in [0.1, 0.15) is 24.6 Å². The number of aromatic nitrogens is 4. The van der Waals surface area contributed by atoms with Crippen molar-refractivity contribution in [2.75, 3.05) is 18.5 Å². The highest BCUT2D eigenvalue weighted by atomic mass is 19.4. The normalized spacial score (nSPS) is 10.7. The van der Waals surface area contributed by atoms with E-state index in [0.29, 0.717) is 30.3 Å². The van der Waals surface area contributed by atoms with Crippen molar-refractivity contribution in [2.24, 2.45) is 0 Å². The van der Waals surface area contributed by atoms with Crippen LogP contribution in [0.4, 0.5) is 18.9 Å². The Labute approximate surface area is 192 Å². The van der Waals surface area contributed by atoms with Crippen LogP contribution in [0.5, 0.6) is 5.75 Å². The number of imidazole rings is 1. The number of benzene rings is 1. The van der Waals surface area contributed by atoms with E-state index in [0.717, 1.165) is 0 Å². The van der Waals surface area contributed by atoms with Gasteiger partial charge in [-0.05, 0) is 30.7 Å². The Bertz CT molecular complexity index is 1220. The third-order valence-corrected chi connectivity index (χ3v) is 4.24. The van der Waals surface area contributed by atoms with Crippen molar-refractivity contribution in [3.63, 3.8) is 0 Å². The van der Waals surface area contributed by atoms with Gasteiger partial charge >= 0.3 is 12.1 Å². The van der Waals surface area contributed by atoms with Gasteiger partial charge in [0, 0.05) is 30.5 Å². The minimum absolute atomic E-state index is 0.0334. The van der Waals surface area contributed by atoms with E-state index in [1.54, 1.807) is 6.07 Å².